The van der Waals surface area contributed by atoms with Gasteiger partial charge >= 0.3 is 0 Å². The van der Waals surface area contributed by atoms with Gasteiger partial charge in [-0.3, -0.25) is 4.79 Å². The first-order chi connectivity index (χ1) is 10.5. The van der Waals surface area contributed by atoms with Gasteiger partial charge in [0.25, 0.3) is 0 Å². The molecule has 1 amide bonds. The van der Waals surface area contributed by atoms with E-state index in [0.29, 0.717) is 24.1 Å². The number of pyridine rings is 1. The van der Waals surface area contributed by atoms with Crippen LogP contribution in [-0.2, 0) is 9.53 Å². The third-order valence-corrected chi connectivity index (χ3v) is 4.28. The van der Waals surface area contributed by atoms with Gasteiger partial charge in [0.15, 0.2) is 0 Å². The van der Waals surface area contributed by atoms with E-state index in [1.54, 1.807) is 18.3 Å². The summed E-state index contributed by atoms with van der Waals surface area (Å²) in [4.78, 5) is 16.5. The molecule has 1 aliphatic heterocycles. The van der Waals surface area contributed by atoms with Gasteiger partial charge in [0, 0.05) is 12.8 Å². The van der Waals surface area contributed by atoms with Crippen LogP contribution in [0.2, 0.25) is 5.02 Å². The summed E-state index contributed by atoms with van der Waals surface area (Å²) in [6, 6.07) is 3.48. The summed E-state index contributed by atoms with van der Waals surface area (Å²) in [6.45, 7) is 5.54. The number of carbonyl (C=O) groups is 1. The van der Waals surface area contributed by atoms with Crippen LogP contribution >= 0.6 is 11.6 Å². The van der Waals surface area contributed by atoms with E-state index < -0.39 is 5.54 Å². The molecule has 0 radical (unpaired) electrons. The maximum atomic E-state index is 12.4. The SMILES string of the molecule is CC[C@](C)(COc1ncccc1Cl)NC(=O)[C@@H]1CCCOC1. The number of rotatable bonds is 6. The van der Waals surface area contributed by atoms with Gasteiger partial charge in [0.05, 0.1) is 18.1 Å². The molecule has 1 aromatic heterocycles. The van der Waals surface area contributed by atoms with Crippen molar-refractivity contribution in [1.29, 1.82) is 0 Å². The molecule has 1 aliphatic rings. The van der Waals surface area contributed by atoms with E-state index in [1.807, 2.05) is 13.8 Å². The van der Waals surface area contributed by atoms with Crippen molar-refractivity contribution in [3.8, 4) is 5.88 Å². The van der Waals surface area contributed by atoms with Crippen LogP contribution in [0.1, 0.15) is 33.1 Å². The molecule has 2 rings (SSSR count). The van der Waals surface area contributed by atoms with Crippen LogP contribution in [0.4, 0.5) is 0 Å². The highest BCUT2D eigenvalue weighted by atomic mass is 35.5. The van der Waals surface area contributed by atoms with Gasteiger partial charge in [-0.1, -0.05) is 18.5 Å². The normalized spacial score (nSPS) is 21.0. The third-order valence-electron chi connectivity index (χ3n) is 3.99. The second-order valence-corrected chi connectivity index (χ2v) is 6.30. The molecule has 2 heterocycles. The number of ether oxygens (including phenoxy) is 2. The van der Waals surface area contributed by atoms with Gasteiger partial charge in [-0.2, -0.15) is 0 Å². The second-order valence-electron chi connectivity index (χ2n) is 5.90. The molecule has 1 aromatic rings. The molecule has 2 atom stereocenters. The number of nitrogens with one attached hydrogen (secondary N) is 1. The highest BCUT2D eigenvalue weighted by Gasteiger charge is 2.30. The van der Waals surface area contributed by atoms with Crippen molar-refractivity contribution in [1.82, 2.24) is 10.3 Å². The Morgan fingerprint density at radius 3 is 3.09 bits per heavy atom. The summed E-state index contributed by atoms with van der Waals surface area (Å²) in [6.07, 6.45) is 4.18. The Bertz CT molecular complexity index is 506. The molecule has 0 bridgehead atoms. The van der Waals surface area contributed by atoms with Crippen molar-refractivity contribution in [2.24, 2.45) is 5.92 Å². The van der Waals surface area contributed by atoms with Crippen LogP contribution in [0.3, 0.4) is 0 Å². The fourth-order valence-electron chi connectivity index (χ4n) is 2.28. The predicted molar refractivity (Wildman–Crippen MR) is 85.1 cm³/mol. The molecule has 6 heteroatoms. The largest absolute Gasteiger partial charge is 0.474 e. The number of amides is 1. The quantitative estimate of drug-likeness (QED) is 0.873. The lowest BCUT2D eigenvalue weighted by molar-refractivity contribution is -0.131. The van der Waals surface area contributed by atoms with Gasteiger partial charge < -0.3 is 14.8 Å². The fraction of sp³-hybridized carbons (Fsp3) is 0.625. The van der Waals surface area contributed by atoms with Gasteiger partial charge in [-0.25, -0.2) is 4.98 Å². The minimum absolute atomic E-state index is 0.0276. The van der Waals surface area contributed by atoms with Gasteiger partial charge in [-0.05, 0) is 38.3 Å². The fourth-order valence-corrected chi connectivity index (χ4v) is 2.45. The standard InChI is InChI=1S/C16H23ClN2O3/c1-3-16(2,11-22-15-13(17)7-4-8-18-15)19-14(20)12-6-5-9-21-10-12/h4,7-8,12H,3,5-6,9-11H2,1-2H3,(H,19,20)/t12-,16-/m1/s1. The van der Waals surface area contributed by atoms with Crippen LogP contribution in [0.5, 0.6) is 5.88 Å². The molecule has 1 fully saturated rings. The number of hydrogen-bond acceptors (Lipinski definition) is 4. The number of halogens is 1. The van der Waals surface area contributed by atoms with Crippen LogP contribution in [0.15, 0.2) is 18.3 Å². The Kier molecular flexibility index (Phi) is 6.03. The highest BCUT2D eigenvalue weighted by Crippen LogP contribution is 2.22. The Morgan fingerprint density at radius 2 is 2.45 bits per heavy atom. The summed E-state index contributed by atoms with van der Waals surface area (Å²) in [7, 11) is 0. The van der Waals surface area contributed by atoms with Gasteiger partial charge in [0.2, 0.25) is 11.8 Å². The van der Waals surface area contributed by atoms with E-state index in [9.17, 15) is 4.79 Å². The summed E-state index contributed by atoms with van der Waals surface area (Å²) in [5, 5.41) is 3.55. The monoisotopic (exact) mass is 326 g/mol. The molecule has 122 valence electrons. The molecule has 0 aliphatic carbocycles. The summed E-state index contributed by atoms with van der Waals surface area (Å²) in [5.74, 6) is 0.344. The second kappa shape index (κ2) is 7.79. The van der Waals surface area contributed by atoms with Crippen LogP contribution in [0, 0.1) is 5.92 Å². The molecule has 5 nitrogen and oxygen atoms in total. The van der Waals surface area contributed by atoms with Gasteiger partial charge in [-0.15, -0.1) is 0 Å². The molecule has 1 saturated heterocycles. The highest BCUT2D eigenvalue weighted by molar-refractivity contribution is 6.31. The Labute approximate surface area is 136 Å². The maximum Gasteiger partial charge on any atom is 0.232 e. The molecule has 0 unspecified atom stereocenters. The zero-order chi connectivity index (χ0) is 16.0. The van der Waals surface area contributed by atoms with Crippen LogP contribution in [0.25, 0.3) is 0 Å². The Morgan fingerprint density at radius 1 is 1.64 bits per heavy atom. The lowest BCUT2D eigenvalue weighted by atomic mass is 9.96. The lowest BCUT2D eigenvalue weighted by Crippen LogP contribution is -2.52. The van der Waals surface area contributed by atoms with Crippen molar-refractivity contribution >= 4 is 17.5 Å². The number of nitrogens with zero attached hydrogens (tertiary/aromatic N) is 1. The van der Waals surface area contributed by atoms with Crippen molar-refractivity contribution < 1.29 is 14.3 Å². The van der Waals surface area contributed by atoms with Crippen molar-refractivity contribution in [2.75, 3.05) is 19.8 Å². The van der Waals surface area contributed by atoms with E-state index in [2.05, 4.69) is 10.3 Å². The smallest absolute Gasteiger partial charge is 0.232 e. The van der Waals surface area contributed by atoms with E-state index in [4.69, 9.17) is 21.1 Å². The van der Waals surface area contributed by atoms with Crippen molar-refractivity contribution in [3.63, 3.8) is 0 Å². The first kappa shape index (κ1) is 17.0. The summed E-state index contributed by atoms with van der Waals surface area (Å²) < 4.78 is 11.1. The predicted octanol–water partition coefficient (Wildman–Crippen LogP) is 2.83. The van der Waals surface area contributed by atoms with E-state index in [-0.39, 0.29) is 11.8 Å². The summed E-state index contributed by atoms with van der Waals surface area (Å²) in [5.41, 5.74) is -0.463. The van der Waals surface area contributed by atoms with Gasteiger partial charge in [0.1, 0.15) is 11.6 Å². The Balaban J connectivity index is 1.93. The minimum Gasteiger partial charge on any atom is -0.474 e. The van der Waals surface area contributed by atoms with Crippen LogP contribution in [-0.4, -0.2) is 36.3 Å². The van der Waals surface area contributed by atoms with E-state index in [0.717, 1.165) is 25.9 Å². The molecule has 0 saturated carbocycles. The average Bonchev–Trinajstić information content (AvgIpc) is 2.55. The molecular formula is C16H23ClN2O3. The van der Waals surface area contributed by atoms with E-state index in [1.165, 1.54) is 0 Å². The minimum atomic E-state index is -0.463. The average molecular weight is 327 g/mol. The topological polar surface area (TPSA) is 60.5 Å². The number of carbonyl (C=O) groups excluding carboxylic acids is 1. The molecule has 0 spiro atoms. The first-order valence-corrected chi connectivity index (χ1v) is 8.05. The zero-order valence-electron chi connectivity index (χ0n) is 13.1. The molecule has 1 N–H and O–H groups in total. The van der Waals surface area contributed by atoms with Crippen LogP contribution < -0.4 is 10.1 Å². The van der Waals surface area contributed by atoms with Crippen molar-refractivity contribution in [3.05, 3.63) is 23.4 Å². The number of aromatic nitrogens is 1. The third kappa shape index (κ3) is 4.58. The maximum absolute atomic E-state index is 12.4. The number of hydrogen-bond donors (Lipinski definition) is 1. The molecular weight excluding hydrogens is 304 g/mol. The first-order valence-electron chi connectivity index (χ1n) is 7.67. The summed E-state index contributed by atoms with van der Waals surface area (Å²) >= 11 is 6.03. The molecule has 0 aromatic carbocycles. The van der Waals surface area contributed by atoms with E-state index >= 15 is 0 Å². The lowest BCUT2D eigenvalue weighted by Gasteiger charge is -2.32. The Hall–Kier alpha value is -1.33. The zero-order valence-corrected chi connectivity index (χ0v) is 13.9. The van der Waals surface area contributed by atoms with Crippen molar-refractivity contribution in [2.45, 2.75) is 38.6 Å². The molecule has 22 heavy (non-hydrogen) atoms.